The predicted octanol–water partition coefficient (Wildman–Crippen LogP) is 2.82. The minimum atomic E-state index is -3.35. The Hall–Kier alpha value is -2.54. The molecule has 1 unspecified atom stereocenters. The Kier molecular flexibility index (Phi) is 4.94. The van der Waals surface area contributed by atoms with Gasteiger partial charge in [0.2, 0.25) is 10.0 Å². The van der Waals surface area contributed by atoms with Crippen LogP contribution in [-0.2, 0) is 21.4 Å². The third-order valence-electron chi connectivity index (χ3n) is 4.11. The van der Waals surface area contributed by atoms with Crippen LogP contribution in [0.1, 0.15) is 23.6 Å². The average Bonchev–Trinajstić information content (AvgIpc) is 2.60. The fourth-order valence-electron chi connectivity index (χ4n) is 2.93. The van der Waals surface area contributed by atoms with Crippen molar-refractivity contribution < 1.29 is 17.9 Å². The molecule has 0 fully saturated rings. The second kappa shape index (κ2) is 7.14. The highest BCUT2D eigenvalue weighted by Gasteiger charge is 2.30. The second-order valence-electron chi connectivity index (χ2n) is 5.94. The van der Waals surface area contributed by atoms with Crippen molar-refractivity contribution in [2.75, 3.05) is 17.1 Å². The molecule has 0 saturated carbocycles. The summed E-state index contributed by atoms with van der Waals surface area (Å²) in [5.74, 6) is 0. The zero-order valence-electron chi connectivity index (χ0n) is 13.9. The van der Waals surface area contributed by atoms with Crippen LogP contribution in [0.4, 0.5) is 10.5 Å². The summed E-state index contributed by atoms with van der Waals surface area (Å²) in [6, 6.07) is 16.3. The van der Waals surface area contributed by atoms with Gasteiger partial charge in [0, 0.05) is 6.54 Å². The number of para-hydroxylation sites is 1. The Labute approximate surface area is 147 Å². The summed E-state index contributed by atoms with van der Waals surface area (Å²) in [4.78, 5) is 12.1. The van der Waals surface area contributed by atoms with Crippen molar-refractivity contribution in [1.29, 1.82) is 0 Å². The summed E-state index contributed by atoms with van der Waals surface area (Å²) < 4.78 is 30.5. The molecule has 2 aromatic rings. The number of benzene rings is 2. The number of ether oxygens (including phenoxy) is 1. The van der Waals surface area contributed by atoms with Gasteiger partial charge in [0.25, 0.3) is 0 Å². The van der Waals surface area contributed by atoms with Crippen molar-refractivity contribution in [3.8, 4) is 0 Å². The molecule has 0 bridgehead atoms. The van der Waals surface area contributed by atoms with Gasteiger partial charge in [-0.05, 0) is 23.6 Å². The second-order valence-corrected chi connectivity index (χ2v) is 7.85. The summed E-state index contributed by atoms with van der Waals surface area (Å²) in [6.45, 7) is 0.510. The lowest BCUT2D eigenvalue weighted by Crippen LogP contribution is -2.40. The van der Waals surface area contributed by atoms with Crippen LogP contribution >= 0.6 is 0 Å². The molecule has 1 heterocycles. The highest BCUT2D eigenvalue weighted by atomic mass is 32.2. The predicted molar refractivity (Wildman–Crippen MR) is 95.8 cm³/mol. The number of carbonyl (C=O) groups is 1. The Morgan fingerprint density at radius 3 is 2.56 bits per heavy atom. The van der Waals surface area contributed by atoms with Crippen molar-refractivity contribution in [2.24, 2.45) is 0 Å². The van der Waals surface area contributed by atoms with E-state index in [0.29, 0.717) is 18.7 Å². The van der Waals surface area contributed by atoms with E-state index in [2.05, 4.69) is 5.32 Å². The topological polar surface area (TPSA) is 75.7 Å². The molecule has 132 valence electrons. The third kappa shape index (κ3) is 4.11. The summed E-state index contributed by atoms with van der Waals surface area (Å²) in [5, 5.41) is 2.83. The van der Waals surface area contributed by atoms with Crippen LogP contribution in [0, 0.1) is 0 Å². The van der Waals surface area contributed by atoms with Crippen molar-refractivity contribution in [1.82, 2.24) is 5.32 Å². The van der Waals surface area contributed by atoms with E-state index in [1.807, 2.05) is 42.5 Å². The highest BCUT2D eigenvalue weighted by Crippen LogP contribution is 2.34. The van der Waals surface area contributed by atoms with Gasteiger partial charge in [0.05, 0.1) is 18.0 Å². The van der Waals surface area contributed by atoms with E-state index in [0.717, 1.165) is 11.1 Å². The Morgan fingerprint density at radius 2 is 1.84 bits per heavy atom. The third-order valence-corrected chi connectivity index (χ3v) is 5.29. The Balaban J connectivity index is 1.69. The highest BCUT2D eigenvalue weighted by molar-refractivity contribution is 7.92. The van der Waals surface area contributed by atoms with E-state index in [1.54, 1.807) is 12.1 Å². The summed E-state index contributed by atoms with van der Waals surface area (Å²) in [7, 11) is -3.35. The molecule has 3 rings (SSSR count). The quantitative estimate of drug-likeness (QED) is 0.910. The SMILES string of the molecule is CS(=O)(=O)N1CCC(NC(=O)OCc2ccccc2)c2ccccc21. The molecule has 1 N–H and O–H groups in total. The molecule has 0 aromatic heterocycles. The number of amides is 1. The number of nitrogens with one attached hydrogen (secondary N) is 1. The van der Waals surface area contributed by atoms with Crippen molar-refractivity contribution >= 4 is 21.8 Å². The number of hydrogen-bond donors (Lipinski definition) is 1. The minimum Gasteiger partial charge on any atom is -0.445 e. The zero-order chi connectivity index (χ0) is 17.9. The summed E-state index contributed by atoms with van der Waals surface area (Å²) in [6.07, 6.45) is 1.16. The molecule has 0 aliphatic carbocycles. The van der Waals surface area contributed by atoms with Gasteiger partial charge in [-0.1, -0.05) is 48.5 Å². The van der Waals surface area contributed by atoms with Crippen LogP contribution in [0.15, 0.2) is 54.6 Å². The maximum absolute atomic E-state index is 12.1. The first-order valence-electron chi connectivity index (χ1n) is 7.99. The molecule has 0 radical (unpaired) electrons. The maximum Gasteiger partial charge on any atom is 0.407 e. The standard InChI is InChI=1S/C18H20N2O4S/c1-25(22,23)20-12-11-16(15-9-5-6-10-17(15)20)19-18(21)24-13-14-7-3-2-4-8-14/h2-10,16H,11-13H2,1H3,(H,19,21). The lowest BCUT2D eigenvalue weighted by atomic mass is 9.98. The van der Waals surface area contributed by atoms with Gasteiger partial charge in [0.1, 0.15) is 6.61 Å². The largest absolute Gasteiger partial charge is 0.445 e. The normalized spacial score (nSPS) is 16.8. The fraction of sp³-hybridized carbons (Fsp3) is 0.278. The van der Waals surface area contributed by atoms with Gasteiger partial charge in [-0.2, -0.15) is 0 Å². The van der Waals surface area contributed by atoms with Gasteiger partial charge in [-0.15, -0.1) is 0 Å². The Morgan fingerprint density at radius 1 is 1.16 bits per heavy atom. The van der Waals surface area contributed by atoms with Crippen LogP contribution in [-0.4, -0.2) is 27.3 Å². The van der Waals surface area contributed by atoms with Crippen LogP contribution in [0.5, 0.6) is 0 Å². The monoisotopic (exact) mass is 360 g/mol. The summed E-state index contributed by atoms with van der Waals surface area (Å²) in [5.41, 5.74) is 2.28. The lowest BCUT2D eigenvalue weighted by Gasteiger charge is -2.34. The number of alkyl carbamates (subject to hydrolysis) is 1. The first kappa shape index (κ1) is 17.3. The first-order valence-corrected chi connectivity index (χ1v) is 9.84. The van der Waals surface area contributed by atoms with Crippen LogP contribution < -0.4 is 9.62 Å². The number of anilines is 1. The molecule has 1 atom stereocenters. The molecule has 2 aromatic carbocycles. The average molecular weight is 360 g/mol. The number of nitrogens with zero attached hydrogens (tertiary/aromatic N) is 1. The lowest BCUT2D eigenvalue weighted by molar-refractivity contribution is 0.135. The van der Waals surface area contributed by atoms with Crippen LogP contribution in [0.25, 0.3) is 0 Å². The molecule has 1 aliphatic heterocycles. The van der Waals surface area contributed by atoms with E-state index in [-0.39, 0.29) is 12.6 Å². The molecular weight excluding hydrogens is 340 g/mol. The Bertz CT molecular complexity index is 852. The number of sulfonamides is 1. The molecule has 0 saturated heterocycles. The number of hydrogen-bond acceptors (Lipinski definition) is 4. The minimum absolute atomic E-state index is 0.191. The number of fused-ring (bicyclic) bond motifs is 1. The van der Waals surface area contributed by atoms with Gasteiger partial charge in [-0.3, -0.25) is 4.31 Å². The molecule has 25 heavy (non-hydrogen) atoms. The fourth-order valence-corrected chi connectivity index (χ4v) is 3.89. The number of carbonyl (C=O) groups excluding carboxylic acids is 1. The van der Waals surface area contributed by atoms with Gasteiger partial charge in [0.15, 0.2) is 0 Å². The van der Waals surface area contributed by atoms with Gasteiger partial charge >= 0.3 is 6.09 Å². The van der Waals surface area contributed by atoms with Crippen LogP contribution in [0.3, 0.4) is 0 Å². The van der Waals surface area contributed by atoms with Crippen molar-refractivity contribution in [3.05, 3.63) is 65.7 Å². The van der Waals surface area contributed by atoms with Crippen LogP contribution in [0.2, 0.25) is 0 Å². The van der Waals surface area contributed by atoms with E-state index in [1.165, 1.54) is 10.6 Å². The van der Waals surface area contributed by atoms with E-state index in [4.69, 9.17) is 4.74 Å². The van der Waals surface area contributed by atoms with E-state index < -0.39 is 16.1 Å². The molecule has 7 heteroatoms. The number of rotatable bonds is 4. The molecule has 1 aliphatic rings. The van der Waals surface area contributed by atoms with E-state index >= 15 is 0 Å². The smallest absolute Gasteiger partial charge is 0.407 e. The first-order chi connectivity index (χ1) is 11.9. The molecule has 6 nitrogen and oxygen atoms in total. The van der Waals surface area contributed by atoms with Gasteiger partial charge < -0.3 is 10.1 Å². The zero-order valence-corrected chi connectivity index (χ0v) is 14.7. The molecule has 1 amide bonds. The van der Waals surface area contributed by atoms with Crippen molar-refractivity contribution in [3.63, 3.8) is 0 Å². The summed E-state index contributed by atoms with van der Waals surface area (Å²) >= 11 is 0. The maximum atomic E-state index is 12.1. The van der Waals surface area contributed by atoms with Crippen molar-refractivity contribution in [2.45, 2.75) is 19.1 Å². The molecule has 0 spiro atoms. The van der Waals surface area contributed by atoms with E-state index in [9.17, 15) is 13.2 Å². The molecular formula is C18H20N2O4S. The van der Waals surface area contributed by atoms with Gasteiger partial charge in [-0.25, -0.2) is 13.2 Å².